The molecule has 19 heavy (non-hydrogen) atoms. The van der Waals surface area contributed by atoms with E-state index in [1.807, 2.05) is 0 Å². The van der Waals surface area contributed by atoms with E-state index in [1.165, 1.54) is 57.8 Å². The lowest BCUT2D eigenvalue weighted by Crippen LogP contribution is -2.45. The lowest BCUT2D eigenvalue weighted by Gasteiger charge is -2.37. The first-order valence-corrected chi connectivity index (χ1v) is 8.45. The highest BCUT2D eigenvalue weighted by molar-refractivity contribution is 4.85. The molecule has 0 aliphatic heterocycles. The van der Waals surface area contributed by atoms with Crippen LogP contribution in [-0.4, -0.2) is 17.6 Å². The van der Waals surface area contributed by atoms with Gasteiger partial charge < -0.3 is 11.1 Å². The van der Waals surface area contributed by atoms with Crippen LogP contribution in [0.25, 0.3) is 0 Å². The number of hydrogen-bond acceptors (Lipinski definition) is 2. The second kappa shape index (κ2) is 6.58. The highest BCUT2D eigenvalue weighted by atomic mass is 15.0. The number of nitrogens with two attached hydrogens (primary N) is 1. The van der Waals surface area contributed by atoms with Crippen LogP contribution in [0.5, 0.6) is 0 Å². The van der Waals surface area contributed by atoms with Gasteiger partial charge in [-0.15, -0.1) is 0 Å². The zero-order valence-corrected chi connectivity index (χ0v) is 13.3. The third-order valence-electron chi connectivity index (χ3n) is 4.98. The minimum atomic E-state index is 0.268. The quantitative estimate of drug-likeness (QED) is 0.814. The van der Waals surface area contributed by atoms with E-state index < -0.39 is 0 Å². The Morgan fingerprint density at radius 1 is 0.947 bits per heavy atom. The van der Waals surface area contributed by atoms with Gasteiger partial charge in [0.2, 0.25) is 0 Å². The van der Waals surface area contributed by atoms with Crippen molar-refractivity contribution in [2.75, 3.05) is 0 Å². The van der Waals surface area contributed by atoms with Crippen molar-refractivity contribution in [2.24, 2.45) is 17.6 Å². The number of rotatable bonds is 3. The summed E-state index contributed by atoms with van der Waals surface area (Å²) in [6, 6.07) is 1.25. The fourth-order valence-corrected chi connectivity index (χ4v) is 4.14. The molecule has 0 bridgehead atoms. The molecule has 0 radical (unpaired) electrons. The van der Waals surface area contributed by atoms with Crippen molar-refractivity contribution in [1.82, 2.24) is 5.32 Å². The van der Waals surface area contributed by atoms with Crippen molar-refractivity contribution in [3.05, 3.63) is 0 Å². The third kappa shape index (κ3) is 5.43. The first kappa shape index (κ1) is 15.3. The molecule has 2 saturated carbocycles. The van der Waals surface area contributed by atoms with Gasteiger partial charge in [0.1, 0.15) is 0 Å². The Balaban J connectivity index is 1.75. The highest BCUT2D eigenvalue weighted by Crippen LogP contribution is 2.35. The van der Waals surface area contributed by atoms with Crippen molar-refractivity contribution in [3.63, 3.8) is 0 Å². The summed E-state index contributed by atoms with van der Waals surface area (Å²) < 4.78 is 0. The van der Waals surface area contributed by atoms with Gasteiger partial charge in [-0.05, 0) is 77.6 Å². The van der Waals surface area contributed by atoms with Gasteiger partial charge in [0.05, 0.1) is 0 Å². The minimum Gasteiger partial charge on any atom is -0.328 e. The summed E-state index contributed by atoms with van der Waals surface area (Å²) in [7, 11) is 0. The van der Waals surface area contributed by atoms with E-state index in [9.17, 15) is 0 Å². The summed E-state index contributed by atoms with van der Waals surface area (Å²) in [5, 5.41) is 3.81. The zero-order valence-electron chi connectivity index (χ0n) is 13.3. The maximum Gasteiger partial charge on any atom is 0.00991 e. The molecule has 2 fully saturated rings. The molecule has 2 heteroatoms. The standard InChI is InChI=1S/C17H34N2/c1-17(2,3)19-16-6-4-5-14(12-16)11-13-7-9-15(18)10-8-13/h13-16,19H,4-12,18H2,1-3H3. The molecule has 2 unspecified atom stereocenters. The Morgan fingerprint density at radius 3 is 2.26 bits per heavy atom. The third-order valence-corrected chi connectivity index (χ3v) is 4.98. The lowest BCUT2D eigenvalue weighted by molar-refractivity contribution is 0.194. The van der Waals surface area contributed by atoms with Gasteiger partial charge in [-0.1, -0.05) is 12.8 Å². The van der Waals surface area contributed by atoms with Crippen molar-refractivity contribution >= 4 is 0 Å². The maximum absolute atomic E-state index is 6.01. The molecular formula is C17H34N2. The smallest absolute Gasteiger partial charge is 0.00991 e. The molecule has 0 spiro atoms. The molecule has 0 heterocycles. The van der Waals surface area contributed by atoms with E-state index in [-0.39, 0.29) is 5.54 Å². The molecule has 2 nitrogen and oxygen atoms in total. The van der Waals surface area contributed by atoms with Gasteiger partial charge in [0, 0.05) is 17.6 Å². The van der Waals surface area contributed by atoms with E-state index in [1.54, 1.807) is 0 Å². The molecule has 0 saturated heterocycles. The van der Waals surface area contributed by atoms with Crippen LogP contribution in [0.1, 0.15) is 78.6 Å². The van der Waals surface area contributed by atoms with E-state index >= 15 is 0 Å². The fourth-order valence-electron chi connectivity index (χ4n) is 4.14. The Morgan fingerprint density at radius 2 is 1.63 bits per heavy atom. The molecule has 2 atom stereocenters. The Hall–Kier alpha value is -0.0800. The fraction of sp³-hybridized carbons (Fsp3) is 1.00. The second-order valence-electron chi connectivity index (χ2n) is 8.14. The largest absolute Gasteiger partial charge is 0.328 e. The second-order valence-corrected chi connectivity index (χ2v) is 8.14. The van der Waals surface area contributed by atoms with Crippen LogP contribution in [0.3, 0.4) is 0 Å². The average molecular weight is 266 g/mol. The molecule has 2 rings (SSSR count). The van der Waals surface area contributed by atoms with Gasteiger partial charge in [-0.2, -0.15) is 0 Å². The normalized spacial score (nSPS) is 37.3. The van der Waals surface area contributed by atoms with E-state index in [0.717, 1.165) is 17.9 Å². The van der Waals surface area contributed by atoms with Crippen molar-refractivity contribution < 1.29 is 0 Å². The van der Waals surface area contributed by atoms with Gasteiger partial charge in [0.15, 0.2) is 0 Å². The van der Waals surface area contributed by atoms with Crippen LogP contribution < -0.4 is 11.1 Å². The van der Waals surface area contributed by atoms with Crippen LogP contribution in [0.2, 0.25) is 0 Å². The Bertz CT molecular complexity index is 261. The van der Waals surface area contributed by atoms with Gasteiger partial charge in [-0.25, -0.2) is 0 Å². The van der Waals surface area contributed by atoms with Crippen LogP contribution in [0.4, 0.5) is 0 Å². The van der Waals surface area contributed by atoms with Crippen LogP contribution in [0, 0.1) is 11.8 Å². The molecule has 0 aromatic carbocycles. The van der Waals surface area contributed by atoms with E-state index in [2.05, 4.69) is 26.1 Å². The average Bonchev–Trinajstić information content (AvgIpc) is 2.30. The Labute approximate surface area is 119 Å². The first-order chi connectivity index (χ1) is 8.92. The van der Waals surface area contributed by atoms with E-state index in [0.29, 0.717) is 6.04 Å². The predicted octanol–water partition coefficient (Wildman–Crippen LogP) is 3.84. The summed E-state index contributed by atoms with van der Waals surface area (Å²) in [6.45, 7) is 6.87. The van der Waals surface area contributed by atoms with Crippen molar-refractivity contribution in [1.29, 1.82) is 0 Å². The topological polar surface area (TPSA) is 38.0 Å². The van der Waals surface area contributed by atoms with Crippen LogP contribution in [0.15, 0.2) is 0 Å². The molecule has 112 valence electrons. The molecule has 3 N–H and O–H groups in total. The van der Waals surface area contributed by atoms with Crippen molar-refractivity contribution in [3.8, 4) is 0 Å². The maximum atomic E-state index is 6.01. The summed E-state index contributed by atoms with van der Waals surface area (Å²) in [4.78, 5) is 0. The monoisotopic (exact) mass is 266 g/mol. The first-order valence-electron chi connectivity index (χ1n) is 8.45. The predicted molar refractivity (Wildman–Crippen MR) is 83.2 cm³/mol. The Kier molecular flexibility index (Phi) is 5.30. The number of hydrogen-bond donors (Lipinski definition) is 2. The summed E-state index contributed by atoms with van der Waals surface area (Å²) in [5.74, 6) is 1.94. The molecule has 2 aliphatic rings. The van der Waals surface area contributed by atoms with Crippen LogP contribution in [-0.2, 0) is 0 Å². The van der Waals surface area contributed by atoms with Crippen molar-refractivity contribution in [2.45, 2.75) is 96.2 Å². The van der Waals surface area contributed by atoms with Crippen LogP contribution >= 0.6 is 0 Å². The minimum absolute atomic E-state index is 0.268. The van der Waals surface area contributed by atoms with Gasteiger partial charge in [-0.3, -0.25) is 0 Å². The zero-order chi connectivity index (χ0) is 13.9. The molecular weight excluding hydrogens is 232 g/mol. The van der Waals surface area contributed by atoms with E-state index in [4.69, 9.17) is 5.73 Å². The summed E-state index contributed by atoms with van der Waals surface area (Å²) in [5.41, 5.74) is 6.28. The summed E-state index contributed by atoms with van der Waals surface area (Å²) >= 11 is 0. The lowest BCUT2D eigenvalue weighted by atomic mass is 9.75. The number of nitrogens with one attached hydrogen (secondary N) is 1. The SMILES string of the molecule is CC(C)(C)NC1CCCC(CC2CCC(N)CC2)C1. The molecule has 0 amide bonds. The highest BCUT2D eigenvalue weighted by Gasteiger charge is 2.28. The van der Waals surface area contributed by atoms with Gasteiger partial charge >= 0.3 is 0 Å². The molecule has 2 aliphatic carbocycles. The molecule has 0 aromatic rings. The van der Waals surface area contributed by atoms with Gasteiger partial charge in [0.25, 0.3) is 0 Å². The summed E-state index contributed by atoms with van der Waals surface area (Å²) in [6.07, 6.45) is 12.4. The molecule has 0 aromatic heterocycles.